The molecule has 0 aliphatic carbocycles. The number of rotatable bonds is 11. The molecule has 54 heavy (non-hydrogen) atoms. The van der Waals surface area contributed by atoms with Crippen LogP contribution in [0.2, 0.25) is 0 Å². The smallest absolute Gasteiger partial charge is 0.407 e. The molecule has 2 aliphatic heterocycles. The molecule has 2 aromatic carbocycles. The number of carbonyl (C=O) groups excluding carboxylic acids is 3. The summed E-state index contributed by atoms with van der Waals surface area (Å²) in [7, 11) is 2.48. The summed E-state index contributed by atoms with van der Waals surface area (Å²) in [5.41, 5.74) is 5.39. The van der Waals surface area contributed by atoms with E-state index in [9.17, 15) is 34.5 Å². The van der Waals surface area contributed by atoms with E-state index in [2.05, 4.69) is 30.0 Å². The van der Waals surface area contributed by atoms with Gasteiger partial charge in [0, 0.05) is 20.1 Å². The summed E-state index contributed by atoms with van der Waals surface area (Å²) in [6.45, 7) is 3.77. The number of aromatic nitrogens is 4. The van der Waals surface area contributed by atoms with E-state index in [1.54, 1.807) is 22.2 Å². The quantitative estimate of drug-likeness (QED) is 0.130. The SMILES string of the molecule is COC(=O)N[C@H](C(=O)N1CCCC1c1ncc(-c2ccc(-c3ccc(-c4cnc([C@@H]5CCCN5C(=O)[C@H]([C@H](C)O)N(C)C(=O)O)[nH]4)cc3)cc2)[nH]1)[C@H](C)O. The summed E-state index contributed by atoms with van der Waals surface area (Å²) >= 11 is 0. The van der Waals surface area contributed by atoms with Gasteiger partial charge in [-0.15, -0.1) is 0 Å². The lowest BCUT2D eigenvalue weighted by molar-refractivity contribution is -0.140. The van der Waals surface area contributed by atoms with Gasteiger partial charge in [0.15, 0.2) is 0 Å². The van der Waals surface area contributed by atoms with E-state index >= 15 is 0 Å². The van der Waals surface area contributed by atoms with Crippen molar-refractivity contribution in [1.82, 2.24) is 40.0 Å². The number of hydrogen-bond acceptors (Lipinski definition) is 9. The Bertz CT molecular complexity index is 1960. The van der Waals surface area contributed by atoms with Gasteiger partial charge in [-0.25, -0.2) is 19.6 Å². The van der Waals surface area contributed by atoms with Gasteiger partial charge in [0.1, 0.15) is 23.7 Å². The zero-order valence-corrected chi connectivity index (χ0v) is 30.6. The average Bonchev–Trinajstić information content (AvgIpc) is 4.00. The lowest BCUT2D eigenvalue weighted by atomic mass is 10.0. The third-order valence-electron chi connectivity index (χ3n) is 10.3. The van der Waals surface area contributed by atoms with Crippen LogP contribution < -0.4 is 5.32 Å². The second-order valence-electron chi connectivity index (χ2n) is 13.8. The number of nitrogens with zero attached hydrogens (tertiary/aromatic N) is 5. The van der Waals surface area contributed by atoms with Gasteiger partial charge in [-0.1, -0.05) is 48.5 Å². The summed E-state index contributed by atoms with van der Waals surface area (Å²) in [5.74, 6) is 0.374. The van der Waals surface area contributed by atoms with Crippen molar-refractivity contribution >= 4 is 24.0 Å². The number of carboxylic acid groups (broad SMARTS) is 1. The Labute approximate surface area is 312 Å². The predicted molar refractivity (Wildman–Crippen MR) is 197 cm³/mol. The van der Waals surface area contributed by atoms with Crippen molar-refractivity contribution in [3.05, 3.63) is 72.6 Å². The van der Waals surface area contributed by atoms with Crippen molar-refractivity contribution in [2.75, 3.05) is 27.2 Å². The minimum atomic E-state index is -1.29. The molecule has 1 unspecified atom stereocenters. The molecule has 6 rings (SSSR count). The maximum Gasteiger partial charge on any atom is 0.407 e. The minimum Gasteiger partial charge on any atom is -0.465 e. The number of likely N-dealkylation sites (tertiary alicyclic amines) is 2. The predicted octanol–water partition coefficient (Wildman–Crippen LogP) is 3.93. The van der Waals surface area contributed by atoms with E-state index in [0.717, 1.165) is 51.4 Å². The fourth-order valence-corrected chi connectivity index (χ4v) is 7.36. The summed E-state index contributed by atoms with van der Waals surface area (Å²) in [4.78, 5) is 70.1. The van der Waals surface area contributed by atoms with Gasteiger partial charge in [0.2, 0.25) is 11.8 Å². The third-order valence-corrected chi connectivity index (χ3v) is 10.3. The zero-order valence-electron chi connectivity index (χ0n) is 30.6. The molecule has 4 heterocycles. The molecule has 2 saturated heterocycles. The van der Waals surface area contributed by atoms with Crippen molar-refractivity contribution in [1.29, 1.82) is 0 Å². The van der Waals surface area contributed by atoms with E-state index in [4.69, 9.17) is 0 Å². The number of aliphatic hydroxyl groups excluding tert-OH is 2. The molecule has 2 aromatic heterocycles. The molecular formula is C38H46N8O8. The minimum absolute atomic E-state index is 0.330. The van der Waals surface area contributed by atoms with Crippen molar-refractivity contribution in [3.63, 3.8) is 0 Å². The molecule has 2 aliphatic rings. The number of benzene rings is 2. The number of ether oxygens (including phenoxy) is 1. The fourth-order valence-electron chi connectivity index (χ4n) is 7.36. The lowest BCUT2D eigenvalue weighted by Gasteiger charge is -2.33. The summed E-state index contributed by atoms with van der Waals surface area (Å²) < 4.78 is 4.63. The number of H-pyrrole nitrogens is 2. The number of amides is 4. The number of nitrogens with one attached hydrogen (secondary N) is 3. The molecule has 0 saturated carbocycles. The molecule has 286 valence electrons. The molecule has 0 radical (unpaired) electrons. The maximum atomic E-state index is 13.4. The van der Waals surface area contributed by atoms with E-state index in [0.29, 0.717) is 37.6 Å². The van der Waals surface area contributed by atoms with Crippen LogP contribution in [-0.2, 0) is 14.3 Å². The van der Waals surface area contributed by atoms with Crippen LogP contribution in [-0.4, -0.2) is 125 Å². The van der Waals surface area contributed by atoms with Crippen molar-refractivity contribution < 1.29 is 39.2 Å². The van der Waals surface area contributed by atoms with E-state index < -0.39 is 48.3 Å². The number of imidazole rings is 2. The van der Waals surface area contributed by atoms with Gasteiger partial charge in [0.25, 0.3) is 0 Å². The Hall–Kier alpha value is -5.74. The van der Waals surface area contributed by atoms with Crippen LogP contribution in [0.3, 0.4) is 0 Å². The first kappa shape index (κ1) is 38.0. The Balaban J connectivity index is 1.11. The number of alkyl carbamates (subject to hydrolysis) is 1. The first-order chi connectivity index (χ1) is 25.9. The summed E-state index contributed by atoms with van der Waals surface area (Å²) in [5, 5.41) is 32.3. The number of aliphatic hydroxyl groups is 2. The number of aromatic amines is 2. The average molecular weight is 743 g/mol. The second kappa shape index (κ2) is 16.1. The van der Waals surface area contributed by atoms with Gasteiger partial charge in [-0.3, -0.25) is 14.5 Å². The number of carbonyl (C=O) groups is 4. The maximum absolute atomic E-state index is 13.4. The van der Waals surface area contributed by atoms with Gasteiger partial charge in [0.05, 0.1) is 55.2 Å². The van der Waals surface area contributed by atoms with Crippen molar-refractivity contribution in [2.24, 2.45) is 0 Å². The van der Waals surface area contributed by atoms with Gasteiger partial charge >= 0.3 is 12.2 Å². The monoisotopic (exact) mass is 742 g/mol. The van der Waals surface area contributed by atoms with Gasteiger partial charge < -0.3 is 45.1 Å². The van der Waals surface area contributed by atoms with Crippen LogP contribution >= 0.6 is 0 Å². The molecule has 6 atom stereocenters. The van der Waals surface area contributed by atoms with Crippen molar-refractivity contribution in [2.45, 2.75) is 75.9 Å². The fraction of sp³-hybridized carbons (Fsp3) is 0.421. The Morgan fingerprint density at radius 3 is 1.63 bits per heavy atom. The topological polar surface area (TPSA) is 217 Å². The van der Waals surface area contributed by atoms with Crippen LogP contribution in [0.5, 0.6) is 0 Å². The molecule has 0 spiro atoms. The first-order valence-corrected chi connectivity index (χ1v) is 18.0. The molecule has 16 heteroatoms. The highest BCUT2D eigenvalue weighted by atomic mass is 16.5. The Kier molecular flexibility index (Phi) is 11.3. The highest BCUT2D eigenvalue weighted by molar-refractivity contribution is 5.87. The molecule has 4 amide bonds. The molecular weight excluding hydrogens is 696 g/mol. The van der Waals surface area contributed by atoms with Crippen LogP contribution in [0, 0.1) is 0 Å². The van der Waals surface area contributed by atoms with Crippen LogP contribution in [0.15, 0.2) is 60.9 Å². The number of methoxy groups -OCH3 is 1. The highest BCUT2D eigenvalue weighted by Crippen LogP contribution is 2.35. The highest BCUT2D eigenvalue weighted by Gasteiger charge is 2.41. The lowest BCUT2D eigenvalue weighted by Crippen LogP contribution is -2.53. The Morgan fingerprint density at radius 1 is 0.778 bits per heavy atom. The summed E-state index contributed by atoms with van der Waals surface area (Å²) in [6.07, 6.45) is 1.92. The first-order valence-electron chi connectivity index (χ1n) is 18.0. The molecule has 6 N–H and O–H groups in total. The van der Waals surface area contributed by atoms with E-state index in [1.165, 1.54) is 28.0 Å². The molecule has 4 aromatic rings. The van der Waals surface area contributed by atoms with E-state index in [1.807, 2.05) is 48.5 Å². The number of hydrogen-bond donors (Lipinski definition) is 6. The van der Waals surface area contributed by atoms with Crippen LogP contribution in [0.1, 0.15) is 63.3 Å². The molecule has 0 bridgehead atoms. The zero-order chi connectivity index (χ0) is 38.7. The van der Waals surface area contributed by atoms with Crippen molar-refractivity contribution in [3.8, 4) is 33.6 Å². The van der Waals surface area contributed by atoms with E-state index in [-0.39, 0.29) is 12.1 Å². The van der Waals surface area contributed by atoms with Crippen LogP contribution in [0.4, 0.5) is 9.59 Å². The summed E-state index contributed by atoms with van der Waals surface area (Å²) in [6, 6.07) is 13.0. The molecule has 16 nitrogen and oxygen atoms in total. The number of likely N-dealkylation sites (N-methyl/N-ethyl adjacent to an activating group) is 1. The van der Waals surface area contributed by atoms with Gasteiger partial charge in [-0.05, 0) is 61.8 Å². The standard InChI is InChI=1S/C38H46N8O8/c1-21(47)31(43-37(51)54-4)35(49)45-17-5-7-29(45)33-39-19-27(41-33)25-13-9-23(10-14-25)24-11-15-26(16-12-24)28-20-40-34(42-28)30-8-6-18-46(30)36(50)32(22(2)48)44(3)38(52)53/h9-16,19-22,29-32,47-48H,5-8,17-18H2,1-4H3,(H,39,41)(H,40,42)(H,43,51)(H,52,53)/t21-,22-,29?,30-,31-,32-/m0/s1. The van der Waals surface area contributed by atoms with Crippen LogP contribution in [0.25, 0.3) is 33.6 Å². The third kappa shape index (κ3) is 7.79. The normalized spacial score (nSPS) is 19.2. The largest absolute Gasteiger partial charge is 0.465 e. The Morgan fingerprint density at radius 2 is 1.22 bits per heavy atom. The molecule has 2 fully saturated rings. The second-order valence-corrected chi connectivity index (χ2v) is 13.8. The van der Waals surface area contributed by atoms with Gasteiger partial charge in [-0.2, -0.15) is 0 Å².